The normalized spacial score (nSPS) is 28.7. The summed E-state index contributed by atoms with van der Waals surface area (Å²) in [5.74, 6) is -0.555. The van der Waals surface area contributed by atoms with Gasteiger partial charge in [-0.15, -0.1) is 0 Å². The van der Waals surface area contributed by atoms with E-state index in [0.717, 1.165) is 62.6 Å². The van der Waals surface area contributed by atoms with Crippen molar-refractivity contribution in [1.82, 2.24) is 5.06 Å². The maximum absolute atomic E-state index is 13.3. The molecule has 2 fully saturated rings. The minimum atomic E-state index is -1.55. The van der Waals surface area contributed by atoms with E-state index in [2.05, 4.69) is 7.05 Å². The molecule has 0 bridgehead atoms. The number of nitrogens with zero attached hydrogens (tertiary/aromatic N) is 2. The van der Waals surface area contributed by atoms with Crippen LogP contribution in [0.3, 0.4) is 0 Å². The van der Waals surface area contributed by atoms with Crippen LogP contribution in [0.4, 0.5) is 0 Å². The number of quaternary nitrogens is 1. The Morgan fingerprint density at radius 3 is 2.70 bits per heavy atom. The van der Waals surface area contributed by atoms with Crippen LogP contribution in [0.2, 0.25) is 0 Å². The van der Waals surface area contributed by atoms with E-state index in [0.29, 0.717) is 18.8 Å². The van der Waals surface area contributed by atoms with Crippen molar-refractivity contribution in [2.75, 3.05) is 39.9 Å². The maximum Gasteiger partial charge on any atom is 0.343 e. The minimum Gasteiger partial charge on any atom is -0.457 e. The van der Waals surface area contributed by atoms with Crippen molar-refractivity contribution in [2.45, 2.75) is 50.2 Å². The monoisotopic (exact) mass is 415 g/mol. The lowest BCUT2D eigenvalue weighted by Crippen LogP contribution is -2.54. The number of benzene rings is 1. The molecule has 0 amide bonds. The van der Waals surface area contributed by atoms with Gasteiger partial charge in [0.25, 0.3) is 0 Å². The molecule has 1 aromatic carbocycles. The second-order valence-corrected chi connectivity index (χ2v) is 9.26. The first-order chi connectivity index (χ1) is 14.5. The smallest absolute Gasteiger partial charge is 0.343 e. The Balaban J connectivity index is 1.41. The Hall–Kier alpha value is -1.89. The van der Waals surface area contributed by atoms with Crippen molar-refractivity contribution in [2.24, 2.45) is 5.92 Å². The largest absolute Gasteiger partial charge is 0.457 e. The molecule has 0 aromatic heterocycles. The lowest BCUT2D eigenvalue weighted by molar-refractivity contribution is -0.921. The number of carbonyl (C=O) groups is 1. The van der Waals surface area contributed by atoms with Gasteiger partial charge in [0.15, 0.2) is 5.60 Å². The van der Waals surface area contributed by atoms with Crippen LogP contribution >= 0.6 is 0 Å². The van der Waals surface area contributed by atoms with Gasteiger partial charge in [-0.3, -0.25) is 9.90 Å². The van der Waals surface area contributed by atoms with E-state index in [9.17, 15) is 9.90 Å². The fraction of sp³-hybridized carbons (Fsp3) is 0.625. The van der Waals surface area contributed by atoms with E-state index in [1.54, 1.807) is 0 Å². The van der Waals surface area contributed by atoms with Gasteiger partial charge in [0.05, 0.1) is 33.3 Å². The molecule has 4 rings (SSSR count). The average molecular weight is 416 g/mol. The summed E-state index contributed by atoms with van der Waals surface area (Å²) < 4.78 is 6.73. The Morgan fingerprint density at radius 2 is 2.00 bits per heavy atom. The van der Waals surface area contributed by atoms with Crippen LogP contribution in [0, 0.1) is 5.92 Å². The number of likely N-dealkylation sites (N-methyl/N-ethyl adjacent to an activating group) is 1. The highest BCUT2D eigenvalue weighted by Crippen LogP contribution is 2.41. The SMILES string of the molecule is C[N@+]1(CCN2C=CCO2)CCCC1COC(=O)C(O)(c1ccccc1)C1CCCC1. The summed E-state index contributed by atoms with van der Waals surface area (Å²) in [5, 5.41) is 13.5. The van der Waals surface area contributed by atoms with Gasteiger partial charge in [-0.05, 0) is 24.5 Å². The summed E-state index contributed by atoms with van der Waals surface area (Å²) >= 11 is 0. The summed E-state index contributed by atoms with van der Waals surface area (Å²) in [4.78, 5) is 18.8. The molecule has 2 aliphatic heterocycles. The van der Waals surface area contributed by atoms with Crippen LogP contribution in [0.5, 0.6) is 0 Å². The quantitative estimate of drug-likeness (QED) is 0.523. The topological polar surface area (TPSA) is 59.0 Å². The van der Waals surface area contributed by atoms with E-state index < -0.39 is 11.6 Å². The summed E-state index contributed by atoms with van der Waals surface area (Å²) in [7, 11) is 2.24. The summed E-state index contributed by atoms with van der Waals surface area (Å²) in [6.45, 7) is 3.84. The van der Waals surface area contributed by atoms with Crippen LogP contribution in [0.15, 0.2) is 42.6 Å². The van der Waals surface area contributed by atoms with Gasteiger partial charge in [-0.1, -0.05) is 43.2 Å². The maximum atomic E-state index is 13.3. The van der Waals surface area contributed by atoms with Crippen molar-refractivity contribution < 1.29 is 24.0 Å². The molecule has 1 aromatic rings. The Kier molecular flexibility index (Phi) is 6.46. The van der Waals surface area contributed by atoms with Crippen molar-refractivity contribution >= 4 is 5.97 Å². The van der Waals surface area contributed by atoms with Crippen molar-refractivity contribution in [3.05, 3.63) is 48.2 Å². The van der Waals surface area contributed by atoms with E-state index in [1.807, 2.05) is 47.7 Å². The molecule has 6 heteroatoms. The predicted molar refractivity (Wildman–Crippen MR) is 114 cm³/mol. The van der Waals surface area contributed by atoms with Gasteiger partial charge in [-0.25, -0.2) is 4.79 Å². The van der Waals surface area contributed by atoms with Crippen LogP contribution in [-0.4, -0.2) is 66.6 Å². The van der Waals surface area contributed by atoms with E-state index in [4.69, 9.17) is 9.57 Å². The molecule has 1 N–H and O–H groups in total. The molecule has 30 heavy (non-hydrogen) atoms. The number of hydrogen-bond acceptors (Lipinski definition) is 5. The fourth-order valence-electron chi connectivity index (χ4n) is 5.39. The Bertz CT molecular complexity index is 749. The third-order valence-corrected chi connectivity index (χ3v) is 7.41. The van der Waals surface area contributed by atoms with E-state index >= 15 is 0 Å². The van der Waals surface area contributed by atoms with E-state index in [-0.39, 0.29) is 12.0 Å². The summed E-state index contributed by atoms with van der Waals surface area (Å²) in [6.07, 6.45) is 9.99. The molecule has 1 saturated heterocycles. The lowest BCUT2D eigenvalue weighted by atomic mass is 9.80. The van der Waals surface area contributed by atoms with E-state index in [1.165, 1.54) is 0 Å². The molecule has 1 aliphatic carbocycles. The zero-order chi connectivity index (χ0) is 21.0. The zero-order valence-corrected chi connectivity index (χ0v) is 18.0. The first-order valence-corrected chi connectivity index (χ1v) is 11.4. The number of esters is 1. The molecule has 2 unspecified atom stereocenters. The first kappa shape index (κ1) is 21.3. The molecule has 3 atom stereocenters. The molecule has 3 aliphatic rings. The van der Waals surface area contributed by atoms with Gasteiger partial charge in [0, 0.05) is 25.0 Å². The molecule has 1 saturated carbocycles. The zero-order valence-electron chi connectivity index (χ0n) is 18.0. The summed E-state index contributed by atoms with van der Waals surface area (Å²) in [5.41, 5.74) is -0.892. The minimum absolute atomic E-state index is 0.0732. The number of aliphatic hydroxyl groups is 1. The Morgan fingerprint density at radius 1 is 1.23 bits per heavy atom. The lowest BCUT2D eigenvalue weighted by Gasteiger charge is -2.38. The van der Waals surface area contributed by atoms with Crippen LogP contribution in [0.25, 0.3) is 0 Å². The van der Waals surface area contributed by atoms with Crippen LogP contribution in [0.1, 0.15) is 44.1 Å². The highest BCUT2D eigenvalue weighted by atomic mass is 16.7. The third kappa shape index (κ3) is 4.27. The number of hydrogen-bond donors (Lipinski definition) is 1. The summed E-state index contributed by atoms with van der Waals surface area (Å²) in [6, 6.07) is 9.61. The highest BCUT2D eigenvalue weighted by Gasteiger charge is 2.49. The number of carbonyl (C=O) groups excluding carboxylic acids is 1. The van der Waals surface area contributed by atoms with Gasteiger partial charge >= 0.3 is 5.97 Å². The number of hydroxylamine groups is 2. The molecule has 6 nitrogen and oxygen atoms in total. The first-order valence-electron chi connectivity index (χ1n) is 11.4. The van der Waals surface area contributed by atoms with Gasteiger partial charge in [0.2, 0.25) is 0 Å². The number of rotatable bonds is 8. The van der Waals surface area contributed by atoms with Crippen molar-refractivity contribution in [3.8, 4) is 0 Å². The second-order valence-electron chi connectivity index (χ2n) is 9.26. The number of likely N-dealkylation sites (tertiary alicyclic amines) is 1. The fourth-order valence-corrected chi connectivity index (χ4v) is 5.39. The molecule has 2 heterocycles. The average Bonchev–Trinajstić information content (AvgIpc) is 3.53. The van der Waals surface area contributed by atoms with Gasteiger partial charge in [0.1, 0.15) is 12.6 Å². The van der Waals surface area contributed by atoms with Crippen molar-refractivity contribution in [1.29, 1.82) is 0 Å². The van der Waals surface area contributed by atoms with Crippen LogP contribution < -0.4 is 0 Å². The molecule has 164 valence electrons. The van der Waals surface area contributed by atoms with Crippen molar-refractivity contribution in [3.63, 3.8) is 0 Å². The Labute approximate surface area is 179 Å². The molecule has 0 radical (unpaired) electrons. The number of ether oxygens (including phenoxy) is 1. The third-order valence-electron chi connectivity index (χ3n) is 7.41. The second kappa shape index (κ2) is 9.08. The molecule has 0 spiro atoms. The van der Waals surface area contributed by atoms with Gasteiger partial charge < -0.3 is 14.3 Å². The predicted octanol–water partition coefficient (Wildman–Crippen LogP) is 2.98. The molecular weight excluding hydrogens is 380 g/mol. The van der Waals surface area contributed by atoms with Crippen LogP contribution in [-0.2, 0) is 20.0 Å². The standard InChI is InChI=1S/C24H35N2O4/c1-26(17-15-25-14-8-18-30-25)16-7-13-22(26)19-29-23(27)24(28,21-11-5-6-12-21)20-9-3-2-4-10-20/h2-4,8-10,14,21-22,28H,5-7,11-13,15-19H2,1H3/q+1/t22?,24?,26-/m1/s1. The highest BCUT2D eigenvalue weighted by molar-refractivity contribution is 5.81. The van der Waals surface area contributed by atoms with Gasteiger partial charge in [-0.2, -0.15) is 0 Å². The molecular formula is C24H35N2O4+.